The zero-order chi connectivity index (χ0) is 23.4. The summed E-state index contributed by atoms with van der Waals surface area (Å²) in [6, 6.07) is 16.9. The van der Waals surface area contributed by atoms with Crippen LogP contribution in [0.4, 0.5) is 15.9 Å². The van der Waals surface area contributed by atoms with Crippen molar-refractivity contribution in [1.29, 1.82) is 0 Å². The summed E-state index contributed by atoms with van der Waals surface area (Å²) in [6.07, 6.45) is 1.66. The molecule has 1 N–H and O–H groups in total. The minimum Gasteiger partial charge on any atom is -0.378 e. The molecule has 33 heavy (non-hydrogen) atoms. The SMILES string of the molecule is CN(C)c1ccc(CNC(=O)[C@H]2CCCN(c3ccc(=O)n(-c4ccc(F)cc4)n3)C2)cc1. The predicted octanol–water partition coefficient (Wildman–Crippen LogP) is 2.97. The lowest BCUT2D eigenvalue weighted by atomic mass is 9.97. The van der Waals surface area contributed by atoms with Gasteiger partial charge in [0.25, 0.3) is 5.56 Å². The first kappa shape index (κ1) is 22.5. The molecule has 0 aliphatic carbocycles. The van der Waals surface area contributed by atoms with Gasteiger partial charge in [-0.3, -0.25) is 9.59 Å². The molecular formula is C25H28FN5O2. The predicted molar refractivity (Wildman–Crippen MR) is 127 cm³/mol. The summed E-state index contributed by atoms with van der Waals surface area (Å²) in [6.45, 7) is 1.77. The summed E-state index contributed by atoms with van der Waals surface area (Å²) in [5, 5.41) is 7.53. The molecule has 0 saturated carbocycles. The van der Waals surface area contributed by atoms with E-state index in [4.69, 9.17) is 0 Å². The number of halogens is 1. The molecular weight excluding hydrogens is 421 g/mol. The number of benzene rings is 2. The summed E-state index contributed by atoms with van der Waals surface area (Å²) in [4.78, 5) is 29.2. The van der Waals surface area contributed by atoms with Gasteiger partial charge in [0.1, 0.15) is 11.6 Å². The average molecular weight is 450 g/mol. The zero-order valence-electron chi connectivity index (χ0n) is 18.9. The standard InChI is InChI=1S/C25H28FN5O2/c1-29(2)21-9-5-18(6-10-21)16-27-25(33)19-4-3-15-30(17-19)23-13-14-24(32)31(28-23)22-11-7-20(26)8-12-22/h5-14,19H,3-4,15-17H2,1-2H3,(H,27,33)/t19-/m0/s1. The van der Waals surface area contributed by atoms with Crippen LogP contribution in [-0.4, -0.2) is 42.9 Å². The van der Waals surface area contributed by atoms with Crippen LogP contribution in [0.3, 0.4) is 0 Å². The van der Waals surface area contributed by atoms with Crippen molar-refractivity contribution in [2.45, 2.75) is 19.4 Å². The normalized spacial score (nSPS) is 15.8. The second kappa shape index (κ2) is 9.85. The number of nitrogens with one attached hydrogen (secondary N) is 1. The molecule has 2 aromatic carbocycles. The third kappa shape index (κ3) is 5.39. The summed E-state index contributed by atoms with van der Waals surface area (Å²) in [7, 11) is 3.98. The van der Waals surface area contributed by atoms with Crippen LogP contribution in [0.25, 0.3) is 5.69 Å². The average Bonchev–Trinajstić information content (AvgIpc) is 2.84. The Morgan fingerprint density at radius 1 is 1.09 bits per heavy atom. The van der Waals surface area contributed by atoms with Crippen LogP contribution in [0.5, 0.6) is 0 Å². The maximum Gasteiger partial charge on any atom is 0.271 e. The van der Waals surface area contributed by atoms with Crippen LogP contribution >= 0.6 is 0 Å². The molecule has 1 saturated heterocycles. The fourth-order valence-electron chi connectivity index (χ4n) is 3.98. The first-order valence-corrected chi connectivity index (χ1v) is 11.1. The Morgan fingerprint density at radius 2 is 1.82 bits per heavy atom. The van der Waals surface area contributed by atoms with E-state index in [-0.39, 0.29) is 23.2 Å². The molecule has 1 aliphatic heterocycles. The van der Waals surface area contributed by atoms with Gasteiger partial charge in [-0.2, -0.15) is 4.68 Å². The molecule has 0 radical (unpaired) electrons. The molecule has 1 amide bonds. The molecule has 4 rings (SSSR count). The number of rotatable bonds is 6. The molecule has 0 bridgehead atoms. The van der Waals surface area contributed by atoms with Crippen LogP contribution in [0.15, 0.2) is 65.5 Å². The summed E-state index contributed by atoms with van der Waals surface area (Å²) in [5.41, 5.74) is 2.36. The number of anilines is 2. The molecule has 0 spiro atoms. The van der Waals surface area contributed by atoms with Gasteiger partial charge < -0.3 is 15.1 Å². The highest BCUT2D eigenvalue weighted by Gasteiger charge is 2.26. The largest absolute Gasteiger partial charge is 0.378 e. The van der Waals surface area contributed by atoms with Crippen molar-refractivity contribution >= 4 is 17.4 Å². The number of nitrogens with zero attached hydrogens (tertiary/aromatic N) is 4. The Morgan fingerprint density at radius 3 is 2.52 bits per heavy atom. The Bertz CT molecular complexity index is 1160. The van der Waals surface area contributed by atoms with Crippen molar-refractivity contribution in [1.82, 2.24) is 15.1 Å². The lowest BCUT2D eigenvalue weighted by Gasteiger charge is -2.33. The number of carbonyl (C=O) groups is 1. The van der Waals surface area contributed by atoms with Crippen molar-refractivity contribution in [3.8, 4) is 5.69 Å². The minimum atomic E-state index is -0.374. The molecule has 7 nitrogen and oxygen atoms in total. The topological polar surface area (TPSA) is 70.5 Å². The van der Waals surface area contributed by atoms with Gasteiger partial charge in [-0.25, -0.2) is 4.39 Å². The molecule has 1 fully saturated rings. The highest BCUT2D eigenvalue weighted by Crippen LogP contribution is 2.22. The summed E-state index contributed by atoms with van der Waals surface area (Å²) < 4.78 is 14.5. The minimum absolute atomic E-state index is 0.0169. The Labute approximate surface area is 192 Å². The molecule has 1 aliphatic rings. The van der Waals surface area contributed by atoms with Crippen molar-refractivity contribution in [2.24, 2.45) is 5.92 Å². The molecule has 2 heterocycles. The number of piperidine rings is 1. The van der Waals surface area contributed by atoms with Gasteiger partial charge in [-0.15, -0.1) is 5.10 Å². The fraction of sp³-hybridized carbons (Fsp3) is 0.320. The van der Waals surface area contributed by atoms with Crippen LogP contribution in [0.2, 0.25) is 0 Å². The third-order valence-electron chi connectivity index (χ3n) is 5.89. The lowest BCUT2D eigenvalue weighted by Crippen LogP contribution is -2.43. The highest BCUT2D eigenvalue weighted by molar-refractivity contribution is 5.79. The van der Waals surface area contributed by atoms with Gasteiger partial charge in [0.2, 0.25) is 5.91 Å². The Balaban J connectivity index is 1.41. The monoisotopic (exact) mass is 449 g/mol. The van der Waals surface area contributed by atoms with E-state index >= 15 is 0 Å². The molecule has 8 heteroatoms. The summed E-state index contributed by atoms with van der Waals surface area (Å²) >= 11 is 0. The van der Waals surface area contributed by atoms with Gasteiger partial charge >= 0.3 is 0 Å². The number of hydrogen-bond acceptors (Lipinski definition) is 5. The smallest absolute Gasteiger partial charge is 0.271 e. The van der Waals surface area contributed by atoms with E-state index in [0.717, 1.165) is 30.6 Å². The van der Waals surface area contributed by atoms with Crippen molar-refractivity contribution in [3.63, 3.8) is 0 Å². The number of carbonyl (C=O) groups excluding carboxylic acids is 1. The fourth-order valence-corrected chi connectivity index (χ4v) is 3.98. The van der Waals surface area contributed by atoms with E-state index in [1.165, 1.54) is 35.0 Å². The number of hydrogen-bond donors (Lipinski definition) is 1. The second-order valence-electron chi connectivity index (χ2n) is 8.48. The van der Waals surface area contributed by atoms with Crippen molar-refractivity contribution in [3.05, 3.63) is 82.4 Å². The third-order valence-corrected chi connectivity index (χ3v) is 5.89. The number of amides is 1. The highest BCUT2D eigenvalue weighted by atomic mass is 19.1. The van der Waals surface area contributed by atoms with E-state index in [0.29, 0.717) is 24.6 Å². The van der Waals surface area contributed by atoms with E-state index in [1.54, 1.807) is 6.07 Å². The first-order valence-electron chi connectivity index (χ1n) is 11.1. The van der Waals surface area contributed by atoms with Crippen LogP contribution in [0.1, 0.15) is 18.4 Å². The Kier molecular flexibility index (Phi) is 6.72. The lowest BCUT2D eigenvalue weighted by molar-refractivity contribution is -0.125. The molecule has 172 valence electrons. The maximum absolute atomic E-state index is 13.3. The van der Waals surface area contributed by atoms with Gasteiger partial charge in [-0.05, 0) is 60.9 Å². The first-order chi connectivity index (χ1) is 15.9. The number of aromatic nitrogens is 2. The molecule has 3 aromatic rings. The van der Waals surface area contributed by atoms with Crippen molar-refractivity contribution < 1.29 is 9.18 Å². The molecule has 1 aromatic heterocycles. The van der Waals surface area contributed by atoms with Gasteiger partial charge in [0.05, 0.1) is 11.6 Å². The quantitative estimate of drug-likeness (QED) is 0.627. The van der Waals surface area contributed by atoms with Gasteiger partial charge in [-0.1, -0.05) is 12.1 Å². The summed E-state index contributed by atoms with van der Waals surface area (Å²) in [5.74, 6) is 0.105. The zero-order valence-corrected chi connectivity index (χ0v) is 18.9. The van der Waals surface area contributed by atoms with Crippen LogP contribution < -0.4 is 20.7 Å². The van der Waals surface area contributed by atoms with E-state index in [9.17, 15) is 14.0 Å². The van der Waals surface area contributed by atoms with Crippen LogP contribution in [0, 0.1) is 11.7 Å². The van der Waals surface area contributed by atoms with Crippen molar-refractivity contribution in [2.75, 3.05) is 37.0 Å². The van der Waals surface area contributed by atoms with Gasteiger partial charge in [0, 0.05) is 45.5 Å². The van der Waals surface area contributed by atoms with Gasteiger partial charge in [0.15, 0.2) is 0 Å². The molecule has 0 unspecified atom stereocenters. The van der Waals surface area contributed by atoms with Crippen LogP contribution in [-0.2, 0) is 11.3 Å². The van der Waals surface area contributed by atoms with E-state index < -0.39 is 0 Å². The second-order valence-corrected chi connectivity index (χ2v) is 8.48. The van der Waals surface area contributed by atoms with E-state index in [1.807, 2.05) is 48.2 Å². The molecule has 1 atom stereocenters. The maximum atomic E-state index is 13.3. The van der Waals surface area contributed by atoms with E-state index in [2.05, 4.69) is 10.4 Å². The Hall–Kier alpha value is -3.68.